The number of nitrogens with one attached hydrogen (secondary N) is 1. The normalized spacial score (nSPS) is 18.4. The topological polar surface area (TPSA) is 31.4 Å². The molecule has 0 aliphatic carbocycles. The Balaban J connectivity index is 1.89. The standard InChI is InChI=1S/C16H28N4/c1-16(2,3)17-12-14-6-5-7-15(18-14)13-20-10-8-19(4)9-11-20/h5-7,17H,8-13H2,1-4H3. The molecule has 20 heavy (non-hydrogen) atoms. The van der Waals surface area contributed by atoms with Gasteiger partial charge in [-0.2, -0.15) is 0 Å². The lowest BCUT2D eigenvalue weighted by Crippen LogP contribution is -2.44. The van der Waals surface area contributed by atoms with Crippen LogP contribution >= 0.6 is 0 Å². The van der Waals surface area contributed by atoms with E-state index in [2.05, 4.69) is 61.1 Å². The largest absolute Gasteiger partial charge is 0.306 e. The lowest BCUT2D eigenvalue weighted by atomic mass is 10.1. The summed E-state index contributed by atoms with van der Waals surface area (Å²) in [6.07, 6.45) is 0. The fourth-order valence-electron chi connectivity index (χ4n) is 2.31. The molecule has 1 aliphatic rings. The van der Waals surface area contributed by atoms with Gasteiger partial charge in [0.2, 0.25) is 0 Å². The number of hydrogen-bond acceptors (Lipinski definition) is 4. The van der Waals surface area contributed by atoms with Crippen molar-refractivity contribution < 1.29 is 0 Å². The van der Waals surface area contributed by atoms with Crippen molar-refractivity contribution >= 4 is 0 Å². The molecule has 0 saturated carbocycles. The van der Waals surface area contributed by atoms with Gasteiger partial charge in [-0.1, -0.05) is 6.07 Å². The zero-order valence-corrected chi connectivity index (χ0v) is 13.3. The third kappa shape index (κ3) is 5.19. The van der Waals surface area contributed by atoms with E-state index in [-0.39, 0.29) is 5.54 Å². The Bertz CT molecular complexity index is 417. The SMILES string of the molecule is CN1CCN(Cc2cccc(CNC(C)(C)C)n2)CC1. The lowest BCUT2D eigenvalue weighted by molar-refractivity contribution is 0.147. The van der Waals surface area contributed by atoms with Crippen LogP contribution in [-0.4, -0.2) is 53.5 Å². The van der Waals surface area contributed by atoms with E-state index >= 15 is 0 Å². The molecular weight excluding hydrogens is 248 g/mol. The Kier molecular flexibility index (Phi) is 5.13. The van der Waals surface area contributed by atoms with Crippen molar-refractivity contribution in [2.45, 2.75) is 39.4 Å². The minimum atomic E-state index is 0.134. The highest BCUT2D eigenvalue weighted by atomic mass is 15.2. The Labute approximate surface area is 123 Å². The van der Waals surface area contributed by atoms with Crippen molar-refractivity contribution in [3.63, 3.8) is 0 Å². The summed E-state index contributed by atoms with van der Waals surface area (Å²) in [5.74, 6) is 0. The number of piperazine rings is 1. The van der Waals surface area contributed by atoms with Gasteiger partial charge < -0.3 is 10.2 Å². The van der Waals surface area contributed by atoms with Gasteiger partial charge in [0.05, 0.1) is 11.4 Å². The Morgan fingerprint density at radius 3 is 2.40 bits per heavy atom. The predicted octanol–water partition coefficient (Wildman–Crippen LogP) is 1.72. The molecule has 1 aromatic heterocycles. The van der Waals surface area contributed by atoms with E-state index in [1.165, 1.54) is 5.69 Å². The molecule has 1 N–H and O–H groups in total. The number of hydrogen-bond donors (Lipinski definition) is 1. The van der Waals surface area contributed by atoms with E-state index in [0.29, 0.717) is 0 Å². The van der Waals surface area contributed by atoms with E-state index in [1.807, 2.05) is 0 Å². The molecule has 0 amide bonds. The molecule has 0 spiro atoms. The molecule has 0 unspecified atom stereocenters. The molecule has 1 fully saturated rings. The molecule has 2 heterocycles. The first kappa shape index (κ1) is 15.4. The van der Waals surface area contributed by atoms with E-state index in [1.54, 1.807) is 0 Å². The maximum absolute atomic E-state index is 4.77. The van der Waals surface area contributed by atoms with Crippen molar-refractivity contribution in [1.82, 2.24) is 20.1 Å². The van der Waals surface area contributed by atoms with E-state index in [0.717, 1.165) is 45.0 Å². The summed E-state index contributed by atoms with van der Waals surface area (Å²) < 4.78 is 0. The van der Waals surface area contributed by atoms with Crippen LogP contribution in [0.25, 0.3) is 0 Å². The highest BCUT2D eigenvalue weighted by Gasteiger charge is 2.14. The van der Waals surface area contributed by atoms with Crippen molar-refractivity contribution in [2.24, 2.45) is 0 Å². The third-order valence-corrected chi connectivity index (χ3v) is 3.65. The summed E-state index contributed by atoms with van der Waals surface area (Å²) in [7, 11) is 2.19. The predicted molar refractivity (Wildman–Crippen MR) is 83.6 cm³/mol. The lowest BCUT2D eigenvalue weighted by Gasteiger charge is -2.32. The van der Waals surface area contributed by atoms with Gasteiger partial charge in [-0.05, 0) is 40.0 Å². The second kappa shape index (κ2) is 6.66. The fraction of sp³-hybridized carbons (Fsp3) is 0.688. The first-order chi connectivity index (χ1) is 9.42. The van der Waals surface area contributed by atoms with Crippen molar-refractivity contribution in [3.05, 3.63) is 29.6 Å². The van der Waals surface area contributed by atoms with Crippen molar-refractivity contribution in [2.75, 3.05) is 33.2 Å². The van der Waals surface area contributed by atoms with Crippen LogP contribution in [0.2, 0.25) is 0 Å². The van der Waals surface area contributed by atoms with Crippen molar-refractivity contribution in [3.8, 4) is 0 Å². The Morgan fingerprint density at radius 2 is 1.75 bits per heavy atom. The molecule has 1 aliphatic heterocycles. The Morgan fingerprint density at radius 1 is 1.10 bits per heavy atom. The smallest absolute Gasteiger partial charge is 0.0547 e. The summed E-state index contributed by atoms with van der Waals surface area (Å²) >= 11 is 0. The van der Waals surface area contributed by atoms with E-state index in [4.69, 9.17) is 4.98 Å². The average molecular weight is 276 g/mol. The van der Waals surface area contributed by atoms with Crippen LogP contribution in [0.5, 0.6) is 0 Å². The average Bonchev–Trinajstić information content (AvgIpc) is 2.39. The summed E-state index contributed by atoms with van der Waals surface area (Å²) in [5, 5.41) is 3.49. The van der Waals surface area contributed by atoms with Gasteiger partial charge in [0.15, 0.2) is 0 Å². The van der Waals surface area contributed by atoms with Crippen LogP contribution in [0.3, 0.4) is 0 Å². The molecule has 1 aromatic rings. The monoisotopic (exact) mass is 276 g/mol. The van der Waals surface area contributed by atoms with Gasteiger partial charge in [-0.3, -0.25) is 9.88 Å². The summed E-state index contributed by atoms with van der Waals surface area (Å²) in [5.41, 5.74) is 2.45. The summed E-state index contributed by atoms with van der Waals surface area (Å²) in [6, 6.07) is 6.36. The minimum absolute atomic E-state index is 0.134. The summed E-state index contributed by atoms with van der Waals surface area (Å²) in [4.78, 5) is 9.64. The summed E-state index contributed by atoms with van der Waals surface area (Å²) in [6.45, 7) is 12.9. The Hall–Kier alpha value is -0.970. The molecule has 0 radical (unpaired) electrons. The van der Waals surface area contributed by atoms with Gasteiger partial charge in [-0.15, -0.1) is 0 Å². The van der Waals surface area contributed by atoms with Gasteiger partial charge in [-0.25, -0.2) is 0 Å². The highest BCUT2D eigenvalue weighted by Crippen LogP contribution is 2.08. The zero-order chi connectivity index (χ0) is 14.6. The highest BCUT2D eigenvalue weighted by molar-refractivity contribution is 5.11. The van der Waals surface area contributed by atoms with Gasteiger partial charge >= 0.3 is 0 Å². The number of likely N-dealkylation sites (N-methyl/N-ethyl adjacent to an activating group) is 1. The molecule has 1 saturated heterocycles. The number of pyridine rings is 1. The molecule has 0 aromatic carbocycles. The van der Waals surface area contributed by atoms with Crippen LogP contribution in [-0.2, 0) is 13.1 Å². The fourth-order valence-corrected chi connectivity index (χ4v) is 2.31. The third-order valence-electron chi connectivity index (χ3n) is 3.65. The van der Waals surface area contributed by atoms with Crippen LogP contribution in [0.15, 0.2) is 18.2 Å². The van der Waals surface area contributed by atoms with Crippen LogP contribution in [0.1, 0.15) is 32.2 Å². The first-order valence-electron chi connectivity index (χ1n) is 7.53. The first-order valence-corrected chi connectivity index (χ1v) is 7.53. The molecule has 112 valence electrons. The molecule has 4 heteroatoms. The quantitative estimate of drug-likeness (QED) is 0.907. The molecule has 0 bridgehead atoms. The number of rotatable bonds is 4. The number of aromatic nitrogens is 1. The van der Waals surface area contributed by atoms with Gasteiger partial charge in [0.1, 0.15) is 0 Å². The second-order valence-corrected chi connectivity index (χ2v) is 6.80. The van der Waals surface area contributed by atoms with Crippen LogP contribution < -0.4 is 5.32 Å². The van der Waals surface area contributed by atoms with E-state index in [9.17, 15) is 0 Å². The van der Waals surface area contributed by atoms with Crippen LogP contribution in [0, 0.1) is 0 Å². The van der Waals surface area contributed by atoms with E-state index < -0.39 is 0 Å². The molecule has 4 nitrogen and oxygen atoms in total. The number of nitrogens with zero attached hydrogens (tertiary/aromatic N) is 3. The maximum Gasteiger partial charge on any atom is 0.0547 e. The van der Waals surface area contributed by atoms with Crippen molar-refractivity contribution in [1.29, 1.82) is 0 Å². The molecular formula is C16H28N4. The zero-order valence-electron chi connectivity index (χ0n) is 13.3. The van der Waals surface area contributed by atoms with Crippen LogP contribution in [0.4, 0.5) is 0 Å². The molecule has 0 atom stereocenters. The maximum atomic E-state index is 4.77. The van der Waals surface area contributed by atoms with Gasteiger partial charge in [0, 0.05) is 44.8 Å². The second-order valence-electron chi connectivity index (χ2n) is 6.80. The van der Waals surface area contributed by atoms with Gasteiger partial charge in [0.25, 0.3) is 0 Å². The minimum Gasteiger partial charge on any atom is -0.306 e. The molecule has 2 rings (SSSR count).